The van der Waals surface area contributed by atoms with Crippen LogP contribution in [0, 0.1) is 0 Å². The van der Waals surface area contributed by atoms with Gasteiger partial charge < -0.3 is 10.1 Å². The molecule has 1 aromatic heterocycles. The summed E-state index contributed by atoms with van der Waals surface area (Å²) in [7, 11) is 0. The lowest BCUT2D eigenvalue weighted by atomic mass is 10.2. The molecule has 0 aliphatic carbocycles. The number of ether oxygens (including phenoxy) is 1. The summed E-state index contributed by atoms with van der Waals surface area (Å²) in [5.74, 6) is -1.23. The highest BCUT2D eigenvalue weighted by Gasteiger charge is 2.23. The first-order valence-corrected chi connectivity index (χ1v) is 8.12. The predicted molar refractivity (Wildman–Crippen MR) is 96.1 cm³/mol. The number of hydrogen-bond donors (Lipinski definition) is 2. The number of hydrogen-bond acceptors (Lipinski definition) is 4. The molecule has 0 aliphatic heterocycles. The number of benzene rings is 2. The molecule has 1 amide bonds. The topological polar surface area (TPSA) is 84.1 Å². The number of nitrogens with zero attached hydrogens (tertiary/aromatic N) is 1. The summed E-state index contributed by atoms with van der Waals surface area (Å²) >= 11 is 11.9. The van der Waals surface area contributed by atoms with Crippen molar-refractivity contribution in [1.82, 2.24) is 10.2 Å². The lowest BCUT2D eigenvalue weighted by molar-refractivity contribution is -0.123. The Kier molecular flexibility index (Phi) is 4.92. The fourth-order valence-electron chi connectivity index (χ4n) is 2.22. The second-order valence-electron chi connectivity index (χ2n) is 5.26. The molecule has 3 rings (SSSR count). The maximum Gasteiger partial charge on any atom is 0.360 e. The van der Waals surface area contributed by atoms with E-state index in [1.807, 2.05) is 6.07 Å². The van der Waals surface area contributed by atoms with E-state index in [4.69, 9.17) is 27.9 Å². The zero-order valence-electron chi connectivity index (χ0n) is 13.0. The lowest BCUT2D eigenvalue weighted by Crippen LogP contribution is -2.30. The number of esters is 1. The molecular formula is C17H13Cl2N3O3. The number of aromatic nitrogens is 2. The van der Waals surface area contributed by atoms with Crippen LogP contribution in [0.5, 0.6) is 0 Å². The van der Waals surface area contributed by atoms with Crippen LogP contribution in [0.25, 0.3) is 10.9 Å². The Morgan fingerprint density at radius 2 is 1.92 bits per heavy atom. The van der Waals surface area contributed by atoms with E-state index in [2.05, 4.69) is 15.5 Å². The Labute approximate surface area is 153 Å². The van der Waals surface area contributed by atoms with Crippen molar-refractivity contribution in [2.24, 2.45) is 0 Å². The number of nitrogens with one attached hydrogen (secondary N) is 2. The first kappa shape index (κ1) is 17.3. The van der Waals surface area contributed by atoms with Gasteiger partial charge in [0, 0.05) is 5.39 Å². The highest BCUT2D eigenvalue weighted by atomic mass is 35.5. The molecule has 0 fully saturated rings. The molecule has 128 valence electrons. The molecule has 2 aromatic carbocycles. The van der Waals surface area contributed by atoms with Crippen LogP contribution < -0.4 is 5.32 Å². The van der Waals surface area contributed by atoms with Gasteiger partial charge in [0.05, 0.1) is 21.2 Å². The van der Waals surface area contributed by atoms with Gasteiger partial charge in [-0.05, 0) is 25.1 Å². The zero-order chi connectivity index (χ0) is 18.0. The van der Waals surface area contributed by atoms with Crippen molar-refractivity contribution in [2.75, 3.05) is 5.32 Å². The standard InChI is InChI=1S/C17H13Cl2N3O3/c1-9(16(23)20-13-8-4-6-11(18)14(13)19)25-17(24)15-10-5-2-3-7-12(10)21-22-15/h2-9H,1H3,(H,20,23)(H,21,22). The molecule has 6 nitrogen and oxygen atoms in total. The number of halogens is 2. The molecule has 3 aromatic rings. The first-order chi connectivity index (χ1) is 12.0. The number of carbonyl (C=O) groups is 2. The third-order valence-corrected chi connectivity index (χ3v) is 4.35. The number of para-hydroxylation sites is 1. The average molecular weight is 378 g/mol. The monoisotopic (exact) mass is 377 g/mol. The van der Waals surface area contributed by atoms with Crippen molar-refractivity contribution < 1.29 is 14.3 Å². The summed E-state index contributed by atoms with van der Waals surface area (Å²) in [5.41, 5.74) is 1.17. The van der Waals surface area contributed by atoms with E-state index in [0.29, 0.717) is 21.6 Å². The molecule has 1 unspecified atom stereocenters. The largest absolute Gasteiger partial charge is 0.448 e. The third-order valence-electron chi connectivity index (χ3n) is 3.53. The molecule has 0 bridgehead atoms. The lowest BCUT2D eigenvalue weighted by Gasteiger charge is -2.14. The van der Waals surface area contributed by atoms with Crippen LogP contribution in [-0.2, 0) is 9.53 Å². The minimum atomic E-state index is -1.04. The van der Waals surface area contributed by atoms with Gasteiger partial charge in [0.2, 0.25) is 0 Å². The second kappa shape index (κ2) is 7.13. The van der Waals surface area contributed by atoms with E-state index in [1.54, 1.807) is 36.4 Å². The van der Waals surface area contributed by atoms with Crippen LogP contribution in [0.4, 0.5) is 5.69 Å². The van der Waals surface area contributed by atoms with Gasteiger partial charge in [-0.15, -0.1) is 0 Å². The normalized spacial score (nSPS) is 12.0. The summed E-state index contributed by atoms with van der Waals surface area (Å²) in [5, 5.41) is 10.4. The Morgan fingerprint density at radius 3 is 2.72 bits per heavy atom. The predicted octanol–water partition coefficient (Wildman–Crippen LogP) is 4.05. The van der Waals surface area contributed by atoms with E-state index in [-0.39, 0.29) is 10.7 Å². The van der Waals surface area contributed by atoms with Crippen LogP contribution in [0.15, 0.2) is 42.5 Å². The summed E-state index contributed by atoms with van der Waals surface area (Å²) in [6.45, 7) is 1.46. The number of fused-ring (bicyclic) bond motifs is 1. The van der Waals surface area contributed by atoms with Crippen molar-refractivity contribution in [3.8, 4) is 0 Å². The molecule has 2 N–H and O–H groups in total. The van der Waals surface area contributed by atoms with Crippen molar-refractivity contribution in [3.05, 3.63) is 58.2 Å². The molecule has 0 radical (unpaired) electrons. The fraction of sp³-hybridized carbons (Fsp3) is 0.118. The number of H-pyrrole nitrogens is 1. The zero-order valence-corrected chi connectivity index (χ0v) is 14.6. The molecular weight excluding hydrogens is 365 g/mol. The average Bonchev–Trinajstić information content (AvgIpc) is 3.03. The molecule has 8 heteroatoms. The van der Waals surface area contributed by atoms with Gasteiger partial charge in [-0.3, -0.25) is 9.89 Å². The van der Waals surface area contributed by atoms with Crippen LogP contribution in [-0.4, -0.2) is 28.2 Å². The fourth-order valence-corrected chi connectivity index (χ4v) is 2.57. The summed E-state index contributed by atoms with van der Waals surface area (Å²) < 4.78 is 5.20. The van der Waals surface area contributed by atoms with Gasteiger partial charge in [-0.1, -0.05) is 47.5 Å². The van der Waals surface area contributed by atoms with E-state index in [9.17, 15) is 9.59 Å². The van der Waals surface area contributed by atoms with Crippen LogP contribution >= 0.6 is 23.2 Å². The minimum absolute atomic E-state index is 0.121. The van der Waals surface area contributed by atoms with Gasteiger partial charge in [0.1, 0.15) is 0 Å². The van der Waals surface area contributed by atoms with Crippen LogP contribution in [0.2, 0.25) is 10.0 Å². The number of aromatic amines is 1. The number of rotatable bonds is 4. The molecule has 0 saturated heterocycles. The van der Waals surface area contributed by atoms with E-state index >= 15 is 0 Å². The Morgan fingerprint density at radius 1 is 1.16 bits per heavy atom. The smallest absolute Gasteiger partial charge is 0.360 e. The first-order valence-electron chi connectivity index (χ1n) is 7.36. The van der Waals surface area contributed by atoms with Crippen molar-refractivity contribution >= 4 is 51.7 Å². The van der Waals surface area contributed by atoms with Gasteiger partial charge in [-0.25, -0.2) is 4.79 Å². The van der Waals surface area contributed by atoms with Crippen LogP contribution in [0.1, 0.15) is 17.4 Å². The molecule has 0 spiro atoms. The van der Waals surface area contributed by atoms with E-state index in [1.165, 1.54) is 6.92 Å². The summed E-state index contributed by atoms with van der Waals surface area (Å²) in [6, 6.07) is 12.0. The highest BCUT2D eigenvalue weighted by Crippen LogP contribution is 2.29. The molecule has 0 aliphatic rings. The van der Waals surface area contributed by atoms with Crippen molar-refractivity contribution in [1.29, 1.82) is 0 Å². The van der Waals surface area contributed by atoms with Crippen molar-refractivity contribution in [2.45, 2.75) is 13.0 Å². The molecule has 25 heavy (non-hydrogen) atoms. The van der Waals surface area contributed by atoms with Gasteiger partial charge in [0.15, 0.2) is 11.8 Å². The van der Waals surface area contributed by atoms with Gasteiger partial charge >= 0.3 is 5.97 Å². The summed E-state index contributed by atoms with van der Waals surface area (Å²) in [4.78, 5) is 24.5. The second-order valence-corrected chi connectivity index (χ2v) is 6.04. The molecule has 0 saturated carbocycles. The van der Waals surface area contributed by atoms with Gasteiger partial charge in [0.25, 0.3) is 5.91 Å². The SMILES string of the molecule is CC(OC(=O)c1n[nH]c2ccccc12)C(=O)Nc1cccc(Cl)c1Cl. The minimum Gasteiger partial charge on any atom is -0.448 e. The molecule has 1 heterocycles. The Hall–Kier alpha value is -2.57. The maximum absolute atomic E-state index is 12.3. The number of amides is 1. The van der Waals surface area contributed by atoms with Crippen molar-refractivity contribution in [3.63, 3.8) is 0 Å². The van der Waals surface area contributed by atoms with E-state index < -0.39 is 18.0 Å². The number of carbonyl (C=O) groups excluding carboxylic acids is 2. The number of anilines is 1. The highest BCUT2D eigenvalue weighted by molar-refractivity contribution is 6.44. The quantitative estimate of drug-likeness (QED) is 0.671. The maximum atomic E-state index is 12.3. The molecule has 1 atom stereocenters. The van der Waals surface area contributed by atoms with E-state index in [0.717, 1.165) is 0 Å². The summed E-state index contributed by atoms with van der Waals surface area (Å²) in [6.07, 6.45) is -1.04. The Bertz CT molecular complexity index is 955. The van der Waals surface area contributed by atoms with Gasteiger partial charge in [-0.2, -0.15) is 5.10 Å². The van der Waals surface area contributed by atoms with Crippen LogP contribution in [0.3, 0.4) is 0 Å². The Balaban J connectivity index is 1.71. The third kappa shape index (κ3) is 3.60.